The van der Waals surface area contributed by atoms with E-state index in [2.05, 4.69) is 6.92 Å². The maximum Gasteiger partial charge on any atom is 0.119 e. The van der Waals surface area contributed by atoms with Gasteiger partial charge in [0.25, 0.3) is 0 Å². The third kappa shape index (κ3) is 3.15. The van der Waals surface area contributed by atoms with Crippen molar-refractivity contribution in [1.82, 2.24) is 0 Å². The molecule has 1 aliphatic rings. The molecule has 20 heavy (non-hydrogen) atoms. The van der Waals surface area contributed by atoms with Crippen molar-refractivity contribution in [1.29, 1.82) is 0 Å². The smallest absolute Gasteiger partial charge is 0.119 e. The largest absolute Gasteiger partial charge is 0.494 e. The molecule has 1 fully saturated rings. The summed E-state index contributed by atoms with van der Waals surface area (Å²) in [5.74, 6) is 1.60. The molecule has 0 saturated heterocycles. The van der Waals surface area contributed by atoms with Crippen LogP contribution in [0.25, 0.3) is 0 Å². The molecule has 1 aliphatic carbocycles. The van der Waals surface area contributed by atoms with Gasteiger partial charge in [0.1, 0.15) is 5.75 Å². The Balaban J connectivity index is 2.13. The molecule has 0 amide bonds. The fourth-order valence-corrected chi connectivity index (χ4v) is 3.19. The average Bonchev–Trinajstić information content (AvgIpc) is 2.49. The molecule has 3 heteroatoms. The Kier molecular flexibility index (Phi) is 5.06. The number of nitrogens with two attached hydrogens (primary N) is 1. The number of hydrogen-bond donors (Lipinski definition) is 2. The third-order valence-corrected chi connectivity index (χ3v) is 4.76. The van der Waals surface area contributed by atoms with Gasteiger partial charge >= 0.3 is 0 Å². The van der Waals surface area contributed by atoms with Gasteiger partial charge in [-0.1, -0.05) is 31.9 Å². The maximum absolute atomic E-state index is 10.8. The lowest BCUT2D eigenvalue weighted by Crippen LogP contribution is -2.39. The second-order valence-electron chi connectivity index (χ2n) is 6.15. The molecule has 1 atom stereocenters. The van der Waals surface area contributed by atoms with Crippen molar-refractivity contribution in [3.63, 3.8) is 0 Å². The third-order valence-electron chi connectivity index (χ3n) is 4.76. The number of hydrogen-bond acceptors (Lipinski definition) is 3. The van der Waals surface area contributed by atoms with Crippen molar-refractivity contribution in [3.05, 3.63) is 29.8 Å². The van der Waals surface area contributed by atoms with Crippen LogP contribution in [0.4, 0.5) is 0 Å². The summed E-state index contributed by atoms with van der Waals surface area (Å²) >= 11 is 0. The highest BCUT2D eigenvalue weighted by molar-refractivity contribution is 5.29. The van der Waals surface area contributed by atoms with Crippen LogP contribution in [-0.4, -0.2) is 18.3 Å². The molecule has 1 saturated carbocycles. The molecule has 1 aromatic rings. The first-order valence-corrected chi connectivity index (χ1v) is 7.72. The average molecular weight is 277 g/mol. The van der Waals surface area contributed by atoms with Gasteiger partial charge in [0.05, 0.1) is 12.7 Å². The zero-order valence-electron chi connectivity index (χ0n) is 12.6. The summed E-state index contributed by atoms with van der Waals surface area (Å²) in [4.78, 5) is 0. The first-order valence-electron chi connectivity index (χ1n) is 7.72. The maximum atomic E-state index is 10.8. The second kappa shape index (κ2) is 6.59. The summed E-state index contributed by atoms with van der Waals surface area (Å²) in [5.41, 5.74) is 6.81. The Morgan fingerprint density at radius 3 is 2.40 bits per heavy atom. The van der Waals surface area contributed by atoms with Crippen LogP contribution in [0.2, 0.25) is 0 Å². The van der Waals surface area contributed by atoms with Crippen molar-refractivity contribution < 1.29 is 9.84 Å². The van der Waals surface area contributed by atoms with E-state index in [-0.39, 0.29) is 5.41 Å². The van der Waals surface area contributed by atoms with Gasteiger partial charge in [-0.25, -0.2) is 0 Å². The Morgan fingerprint density at radius 2 is 1.90 bits per heavy atom. The minimum absolute atomic E-state index is 0.153. The lowest BCUT2D eigenvalue weighted by atomic mass is 9.66. The summed E-state index contributed by atoms with van der Waals surface area (Å²) in [6.07, 6.45) is 3.87. The summed E-state index contributed by atoms with van der Waals surface area (Å²) in [5, 5.41) is 10.8. The molecule has 0 aromatic heterocycles. The second-order valence-corrected chi connectivity index (χ2v) is 6.15. The van der Waals surface area contributed by atoms with Crippen LogP contribution in [-0.2, 0) is 0 Å². The van der Waals surface area contributed by atoms with Gasteiger partial charge in [0.15, 0.2) is 0 Å². The lowest BCUT2D eigenvalue weighted by Gasteiger charge is -2.42. The van der Waals surface area contributed by atoms with E-state index in [1.165, 1.54) is 0 Å². The molecule has 112 valence electrons. The van der Waals surface area contributed by atoms with Crippen molar-refractivity contribution in [2.75, 3.05) is 13.2 Å². The van der Waals surface area contributed by atoms with Crippen LogP contribution in [0, 0.1) is 11.3 Å². The minimum atomic E-state index is -0.476. The van der Waals surface area contributed by atoms with Crippen LogP contribution >= 0.6 is 0 Å². The van der Waals surface area contributed by atoms with Gasteiger partial charge in [0, 0.05) is 12.0 Å². The Bertz CT molecular complexity index is 408. The lowest BCUT2D eigenvalue weighted by molar-refractivity contribution is -0.00820. The van der Waals surface area contributed by atoms with E-state index in [4.69, 9.17) is 10.5 Å². The fraction of sp³-hybridized carbons (Fsp3) is 0.647. The molecule has 1 aromatic carbocycles. The predicted octanol–water partition coefficient (Wildman–Crippen LogP) is 3.27. The Hall–Kier alpha value is -1.06. The fourth-order valence-electron chi connectivity index (χ4n) is 3.19. The van der Waals surface area contributed by atoms with Gasteiger partial charge < -0.3 is 15.6 Å². The van der Waals surface area contributed by atoms with Crippen molar-refractivity contribution >= 4 is 0 Å². The van der Waals surface area contributed by atoms with Gasteiger partial charge in [-0.15, -0.1) is 0 Å². The van der Waals surface area contributed by atoms with Gasteiger partial charge in [0.2, 0.25) is 0 Å². The van der Waals surface area contributed by atoms with E-state index in [0.717, 1.165) is 42.9 Å². The monoisotopic (exact) mass is 277 g/mol. The van der Waals surface area contributed by atoms with Crippen LogP contribution in [0.15, 0.2) is 24.3 Å². The van der Waals surface area contributed by atoms with E-state index in [9.17, 15) is 5.11 Å². The SMILES string of the molecule is CCOc1ccc(C(O)C2(CN)CCC(C)CC2)cc1. The van der Waals surface area contributed by atoms with E-state index < -0.39 is 6.10 Å². The zero-order valence-corrected chi connectivity index (χ0v) is 12.6. The van der Waals surface area contributed by atoms with Crippen LogP contribution < -0.4 is 10.5 Å². The minimum Gasteiger partial charge on any atom is -0.494 e. The number of aliphatic hydroxyl groups excluding tert-OH is 1. The van der Waals surface area contributed by atoms with Gasteiger partial charge in [-0.2, -0.15) is 0 Å². The van der Waals surface area contributed by atoms with Gasteiger partial charge in [-0.05, 0) is 43.4 Å². The zero-order chi connectivity index (χ0) is 14.6. The molecular formula is C17H27NO2. The predicted molar refractivity (Wildman–Crippen MR) is 81.7 cm³/mol. The quantitative estimate of drug-likeness (QED) is 0.868. The van der Waals surface area contributed by atoms with Crippen LogP contribution in [0.5, 0.6) is 5.75 Å². The van der Waals surface area contributed by atoms with Crippen molar-refractivity contribution in [2.45, 2.75) is 45.6 Å². The van der Waals surface area contributed by atoms with Crippen molar-refractivity contribution in [2.24, 2.45) is 17.1 Å². The number of rotatable bonds is 5. The molecule has 1 unspecified atom stereocenters. The summed E-state index contributed by atoms with van der Waals surface area (Å²) in [6.45, 7) is 5.46. The molecule has 0 heterocycles. The van der Waals surface area contributed by atoms with E-state index in [1.807, 2.05) is 31.2 Å². The highest BCUT2D eigenvalue weighted by Crippen LogP contribution is 2.46. The first kappa shape index (κ1) is 15.3. The summed E-state index contributed by atoms with van der Waals surface area (Å²) < 4.78 is 5.45. The molecule has 3 N–H and O–H groups in total. The first-order chi connectivity index (χ1) is 9.61. The number of ether oxygens (including phenoxy) is 1. The van der Waals surface area contributed by atoms with E-state index in [1.54, 1.807) is 0 Å². The summed E-state index contributed by atoms with van der Waals surface area (Å²) in [6, 6.07) is 7.78. The molecule has 2 rings (SSSR count). The number of aliphatic hydroxyl groups is 1. The topological polar surface area (TPSA) is 55.5 Å². The molecule has 0 bridgehead atoms. The standard InChI is InChI=1S/C17H27NO2/c1-3-20-15-6-4-14(5-7-15)16(19)17(12-18)10-8-13(2)9-11-17/h4-7,13,16,19H,3,8-12,18H2,1-2H3. The van der Waals surface area contributed by atoms with Crippen molar-refractivity contribution in [3.8, 4) is 5.75 Å². The normalized spacial score (nSPS) is 28.1. The molecule has 0 spiro atoms. The van der Waals surface area contributed by atoms with Crippen LogP contribution in [0.1, 0.15) is 51.2 Å². The highest BCUT2D eigenvalue weighted by atomic mass is 16.5. The van der Waals surface area contributed by atoms with Crippen LogP contribution in [0.3, 0.4) is 0 Å². The highest BCUT2D eigenvalue weighted by Gasteiger charge is 2.40. The van der Waals surface area contributed by atoms with E-state index >= 15 is 0 Å². The Labute approximate surface area is 122 Å². The number of benzene rings is 1. The molecule has 0 radical (unpaired) electrons. The molecule has 3 nitrogen and oxygen atoms in total. The van der Waals surface area contributed by atoms with Gasteiger partial charge in [-0.3, -0.25) is 0 Å². The Morgan fingerprint density at radius 1 is 1.30 bits per heavy atom. The van der Waals surface area contributed by atoms with E-state index in [0.29, 0.717) is 13.2 Å². The molecule has 0 aliphatic heterocycles. The molecular weight excluding hydrogens is 250 g/mol. The summed E-state index contributed by atoms with van der Waals surface area (Å²) in [7, 11) is 0.